The molecule has 2 heteroatoms. The molecule has 2 nitrogen and oxygen atoms in total. The molecule has 1 atom stereocenters. The summed E-state index contributed by atoms with van der Waals surface area (Å²) in [4.78, 5) is 11.7. The number of ether oxygens (including phenoxy) is 1. The molecule has 1 aliphatic carbocycles. The van der Waals surface area contributed by atoms with Crippen molar-refractivity contribution < 1.29 is 9.53 Å². The maximum absolute atomic E-state index is 11.7. The first-order valence-corrected chi connectivity index (χ1v) is 7.19. The van der Waals surface area contributed by atoms with Crippen LogP contribution < -0.4 is 0 Å². The quantitative estimate of drug-likeness (QED) is 0.763. The second-order valence-corrected chi connectivity index (χ2v) is 5.00. The van der Waals surface area contributed by atoms with E-state index in [0.29, 0.717) is 6.61 Å². The van der Waals surface area contributed by atoms with Crippen molar-refractivity contribution in [3.63, 3.8) is 0 Å². The van der Waals surface area contributed by atoms with Crippen LogP contribution in [0.25, 0.3) is 5.57 Å². The maximum Gasteiger partial charge on any atom is 0.309 e. The standard InChI is InChI=1S/C17H22O2/c1-3-13-5-7-14(8-6-13)15-9-11-16(12-10-15)17(18)19-4-2/h5-9,16H,3-4,10-12H2,1-2H3. The molecule has 0 heterocycles. The molecule has 1 aliphatic rings. The Balaban J connectivity index is 2.01. The van der Waals surface area contributed by atoms with Gasteiger partial charge in [-0.2, -0.15) is 0 Å². The zero-order valence-electron chi connectivity index (χ0n) is 11.8. The minimum atomic E-state index is -0.0425. The number of hydrogen-bond donors (Lipinski definition) is 0. The van der Waals surface area contributed by atoms with Crippen LogP contribution >= 0.6 is 0 Å². The number of allylic oxidation sites excluding steroid dienone is 2. The Morgan fingerprint density at radius 3 is 2.53 bits per heavy atom. The van der Waals surface area contributed by atoms with E-state index in [1.165, 1.54) is 16.7 Å². The number of carbonyl (C=O) groups excluding carboxylic acids is 1. The SMILES string of the molecule is CCOC(=O)C1CC=C(c2ccc(CC)cc2)CC1. The Bertz CT molecular complexity index is 457. The van der Waals surface area contributed by atoms with Crippen molar-refractivity contribution in [1.82, 2.24) is 0 Å². The molecule has 0 saturated carbocycles. The normalized spacial score (nSPS) is 18.8. The van der Waals surface area contributed by atoms with Gasteiger partial charge in [-0.05, 0) is 49.3 Å². The zero-order valence-corrected chi connectivity index (χ0v) is 11.8. The molecular formula is C17H22O2. The summed E-state index contributed by atoms with van der Waals surface area (Å²) in [5, 5.41) is 0. The van der Waals surface area contributed by atoms with E-state index in [1.807, 2.05) is 6.92 Å². The fraction of sp³-hybridized carbons (Fsp3) is 0.471. The molecule has 2 rings (SSSR count). The molecule has 0 N–H and O–H groups in total. The first-order chi connectivity index (χ1) is 9.24. The predicted molar refractivity (Wildman–Crippen MR) is 77.8 cm³/mol. The van der Waals surface area contributed by atoms with Crippen LogP contribution in [-0.4, -0.2) is 12.6 Å². The van der Waals surface area contributed by atoms with Gasteiger partial charge in [0.2, 0.25) is 0 Å². The monoisotopic (exact) mass is 258 g/mol. The van der Waals surface area contributed by atoms with Crippen LogP contribution in [0.3, 0.4) is 0 Å². The van der Waals surface area contributed by atoms with E-state index in [4.69, 9.17) is 4.74 Å². The second kappa shape index (κ2) is 6.55. The number of benzene rings is 1. The summed E-state index contributed by atoms with van der Waals surface area (Å²) in [5.74, 6) is 0.0118. The van der Waals surface area contributed by atoms with E-state index in [-0.39, 0.29) is 11.9 Å². The highest BCUT2D eigenvalue weighted by molar-refractivity contribution is 5.75. The lowest BCUT2D eigenvalue weighted by Crippen LogP contribution is -2.19. The Morgan fingerprint density at radius 1 is 1.26 bits per heavy atom. The van der Waals surface area contributed by atoms with E-state index in [0.717, 1.165) is 25.7 Å². The van der Waals surface area contributed by atoms with Gasteiger partial charge in [-0.1, -0.05) is 37.3 Å². The minimum Gasteiger partial charge on any atom is -0.466 e. The van der Waals surface area contributed by atoms with Gasteiger partial charge in [0, 0.05) is 0 Å². The molecule has 0 saturated heterocycles. The maximum atomic E-state index is 11.7. The number of esters is 1. The van der Waals surface area contributed by atoms with Crippen molar-refractivity contribution in [2.24, 2.45) is 5.92 Å². The molecule has 19 heavy (non-hydrogen) atoms. The summed E-state index contributed by atoms with van der Waals surface area (Å²) in [6.07, 6.45) is 5.95. The smallest absolute Gasteiger partial charge is 0.309 e. The minimum absolute atomic E-state index is 0.0425. The van der Waals surface area contributed by atoms with Gasteiger partial charge in [0.1, 0.15) is 0 Å². The van der Waals surface area contributed by atoms with Gasteiger partial charge in [0.25, 0.3) is 0 Å². The average Bonchev–Trinajstić information content (AvgIpc) is 2.48. The summed E-state index contributed by atoms with van der Waals surface area (Å²) in [6.45, 7) is 4.50. The number of aryl methyl sites for hydroxylation is 1. The van der Waals surface area contributed by atoms with Gasteiger partial charge in [0.15, 0.2) is 0 Å². The lowest BCUT2D eigenvalue weighted by atomic mass is 9.86. The summed E-state index contributed by atoms with van der Waals surface area (Å²) >= 11 is 0. The van der Waals surface area contributed by atoms with Gasteiger partial charge in [-0.15, -0.1) is 0 Å². The molecule has 0 radical (unpaired) electrons. The summed E-state index contributed by atoms with van der Waals surface area (Å²) in [6, 6.07) is 8.76. The molecule has 1 aromatic rings. The van der Waals surface area contributed by atoms with E-state index >= 15 is 0 Å². The third-order valence-corrected chi connectivity index (χ3v) is 3.76. The third-order valence-electron chi connectivity index (χ3n) is 3.76. The fourth-order valence-electron chi connectivity index (χ4n) is 2.53. The van der Waals surface area contributed by atoms with Crippen LogP contribution in [0, 0.1) is 5.92 Å². The predicted octanol–water partition coefficient (Wildman–Crippen LogP) is 4.00. The molecule has 102 valence electrons. The molecule has 0 amide bonds. The lowest BCUT2D eigenvalue weighted by molar-refractivity contribution is -0.148. The highest BCUT2D eigenvalue weighted by atomic mass is 16.5. The van der Waals surface area contributed by atoms with Gasteiger partial charge in [0.05, 0.1) is 12.5 Å². The van der Waals surface area contributed by atoms with Crippen LogP contribution in [-0.2, 0) is 16.0 Å². The van der Waals surface area contributed by atoms with E-state index < -0.39 is 0 Å². The van der Waals surface area contributed by atoms with E-state index in [9.17, 15) is 4.79 Å². The highest BCUT2D eigenvalue weighted by Gasteiger charge is 2.22. The Labute approximate surface area is 115 Å². The third kappa shape index (κ3) is 3.46. The molecule has 1 aromatic carbocycles. The molecule has 0 aliphatic heterocycles. The first-order valence-electron chi connectivity index (χ1n) is 7.19. The second-order valence-electron chi connectivity index (χ2n) is 5.00. The van der Waals surface area contributed by atoms with Crippen LogP contribution in [0.5, 0.6) is 0 Å². The first kappa shape index (κ1) is 13.9. The van der Waals surface area contributed by atoms with Crippen molar-refractivity contribution in [2.45, 2.75) is 39.5 Å². The largest absolute Gasteiger partial charge is 0.466 e. The van der Waals surface area contributed by atoms with Crippen LogP contribution in [0.1, 0.15) is 44.2 Å². The Hall–Kier alpha value is -1.57. The summed E-state index contributed by atoms with van der Waals surface area (Å²) < 4.78 is 5.08. The van der Waals surface area contributed by atoms with Crippen LogP contribution in [0.4, 0.5) is 0 Å². The Kier molecular flexibility index (Phi) is 4.78. The summed E-state index contributed by atoms with van der Waals surface area (Å²) in [7, 11) is 0. The number of hydrogen-bond acceptors (Lipinski definition) is 2. The molecular weight excluding hydrogens is 236 g/mol. The van der Waals surface area contributed by atoms with Crippen LogP contribution in [0.2, 0.25) is 0 Å². The van der Waals surface area contributed by atoms with Gasteiger partial charge in [-0.3, -0.25) is 4.79 Å². The molecule has 0 aromatic heterocycles. The Morgan fingerprint density at radius 2 is 2.00 bits per heavy atom. The fourth-order valence-corrected chi connectivity index (χ4v) is 2.53. The average molecular weight is 258 g/mol. The lowest BCUT2D eigenvalue weighted by Gasteiger charge is -2.20. The van der Waals surface area contributed by atoms with Gasteiger partial charge >= 0.3 is 5.97 Å². The van der Waals surface area contributed by atoms with Crippen molar-refractivity contribution in [1.29, 1.82) is 0 Å². The zero-order chi connectivity index (χ0) is 13.7. The van der Waals surface area contributed by atoms with E-state index in [1.54, 1.807) is 0 Å². The molecule has 0 spiro atoms. The van der Waals surface area contributed by atoms with Gasteiger partial charge < -0.3 is 4.74 Å². The number of rotatable bonds is 4. The molecule has 1 unspecified atom stereocenters. The number of carbonyl (C=O) groups is 1. The van der Waals surface area contributed by atoms with E-state index in [2.05, 4.69) is 37.3 Å². The van der Waals surface area contributed by atoms with Crippen molar-refractivity contribution in [3.8, 4) is 0 Å². The molecule has 0 bridgehead atoms. The summed E-state index contributed by atoms with van der Waals surface area (Å²) in [5.41, 5.74) is 4.02. The molecule has 0 fully saturated rings. The van der Waals surface area contributed by atoms with Crippen molar-refractivity contribution >= 4 is 11.5 Å². The van der Waals surface area contributed by atoms with Crippen molar-refractivity contribution in [2.75, 3.05) is 6.61 Å². The van der Waals surface area contributed by atoms with Crippen molar-refractivity contribution in [3.05, 3.63) is 41.5 Å². The van der Waals surface area contributed by atoms with Crippen LogP contribution in [0.15, 0.2) is 30.3 Å². The highest BCUT2D eigenvalue weighted by Crippen LogP contribution is 2.30. The van der Waals surface area contributed by atoms with Gasteiger partial charge in [-0.25, -0.2) is 0 Å². The topological polar surface area (TPSA) is 26.3 Å².